The lowest BCUT2D eigenvalue weighted by atomic mass is 9.94. The molecule has 4 nitrogen and oxygen atoms in total. The molecule has 0 aromatic heterocycles. The molecule has 0 aliphatic carbocycles. The smallest absolute Gasteiger partial charge is 0.295 e. The molecule has 1 aliphatic rings. The van der Waals surface area contributed by atoms with Crippen molar-refractivity contribution >= 4 is 17.4 Å². The maximum absolute atomic E-state index is 12.8. The molecule has 0 spiro atoms. The van der Waals surface area contributed by atoms with Gasteiger partial charge in [0.2, 0.25) is 0 Å². The van der Waals surface area contributed by atoms with Crippen LogP contribution in [0.2, 0.25) is 0 Å². The summed E-state index contributed by atoms with van der Waals surface area (Å²) < 4.78 is 0. The molecular formula is C22H23NO3. The molecule has 1 atom stereocenters. The molecule has 3 rings (SSSR count). The summed E-state index contributed by atoms with van der Waals surface area (Å²) in [6, 6.07) is 16.1. The van der Waals surface area contributed by atoms with E-state index in [1.807, 2.05) is 51.1 Å². The summed E-state index contributed by atoms with van der Waals surface area (Å²) in [4.78, 5) is 27.0. The van der Waals surface area contributed by atoms with Gasteiger partial charge in [-0.15, -0.1) is 0 Å². The van der Waals surface area contributed by atoms with E-state index < -0.39 is 17.7 Å². The Morgan fingerprint density at radius 1 is 1.04 bits per heavy atom. The van der Waals surface area contributed by atoms with E-state index in [4.69, 9.17) is 0 Å². The van der Waals surface area contributed by atoms with E-state index in [0.29, 0.717) is 12.1 Å². The summed E-state index contributed by atoms with van der Waals surface area (Å²) in [5.74, 6) is -1.10. The summed E-state index contributed by atoms with van der Waals surface area (Å²) in [5.41, 5.74) is 2.61. The number of aliphatic hydroxyl groups excluding tert-OH is 1. The van der Waals surface area contributed by atoms with Crippen molar-refractivity contribution in [1.82, 2.24) is 4.90 Å². The average Bonchev–Trinajstić information content (AvgIpc) is 2.87. The van der Waals surface area contributed by atoms with Crippen LogP contribution in [0.1, 0.15) is 36.6 Å². The second-order valence-electron chi connectivity index (χ2n) is 7.12. The number of aryl methyl sites for hydroxylation is 1. The highest BCUT2D eigenvalue weighted by atomic mass is 16.3. The van der Waals surface area contributed by atoms with Gasteiger partial charge in [0.15, 0.2) is 0 Å². The molecule has 2 aromatic rings. The minimum absolute atomic E-state index is 0.124. The number of carbonyl (C=O) groups excluding carboxylic acids is 2. The van der Waals surface area contributed by atoms with Crippen molar-refractivity contribution in [2.75, 3.05) is 6.54 Å². The van der Waals surface area contributed by atoms with Gasteiger partial charge >= 0.3 is 0 Å². The lowest BCUT2D eigenvalue weighted by Gasteiger charge is -2.27. The van der Waals surface area contributed by atoms with Gasteiger partial charge in [0, 0.05) is 12.1 Å². The molecule has 1 saturated heterocycles. The minimum atomic E-state index is -0.627. The lowest BCUT2D eigenvalue weighted by Crippen LogP contribution is -2.33. The van der Waals surface area contributed by atoms with Gasteiger partial charge in [0.05, 0.1) is 11.6 Å². The second-order valence-corrected chi connectivity index (χ2v) is 7.12. The predicted octanol–water partition coefficient (Wildman–Crippen LogP) is 4.07. The SMILES string of the molecule is Cc1ccc([C@H]2C(=C(O)c3ccccc3)C(=O)C(=O)N2CC(C)C)cc1. The molecule has 0 saturated carbocycles. The first kappa shape index (κ1) is 17.9. The van der Waals surface area contributed by atoms with E-state index in [2.05, 4.69) is 0 Å². The number of hydrogen-bond acceptors (Lipinski definition) is 3. The van der Waals surface area contributed by atoms with E-state index in [0.717, 1.165) is 11.1 Å². The van der Waals surface area contributed by atoms with E-state index in [-0.39, 0.29) is 17.3 Å². The Morgan fingerprint density at radius 3 is 2.23 bits per heavy atom. The van der Waals surface area contributed by atoms with Crippen LogP contribution in [0.5, 0.6) is 0 Å². The fraction of sp³-hybridized carbons (Fsp3) is 0.273. The van der Waals surface area contributed by atoms with Crippen LogP contribution >= 0.6 is 0 Å². The van der Waals surface area contributed by atoms with Crippen LogP contribution in [0, 0.1) is 12.8 Å². The zero-order valence-electron chi connectivity index (χ0n) is 15.3. The fourth-order valence-electron chi connectivity index (χ4n) is 3.31. The largest absolute Gasteiger partial charge is 0.507 e. The zero-order valence-corrected chi connectivity index (χ0v) is 15.3. The molecule has 0 unspecified atom stereocenters. The Balaban J connectivity index is 2.18. The molecule has 1 fully saturated rings. The maximum atomic E-state index is 12.8. The summed E-state index contributed by atoms with van der Waals surface area (Å²) in [6.45, 7) is 6.44. The van der Waals surface area contributed by atoms with Gasteiger partial charge < -0.3 is 10.0 Å². The van der Waals surface area contributed by atoms with Gasteiger partial charge in [-0.05, 0) is 18.4 Å². The van der Waals surface area contributed by atoms with E-state index in [1.165, 1.54) is 0 Å². The monoisotopic (exact) mass is 349 g/mol. The molecule has 1 N–H and O–H groups in total. The van der Waals surface area contributed by atoms with Crippen LogP contribution < -0.4 is 0 Å². The minimum Gasteiger partial charge on any atom is -0.507 e. The highest BCUT2D eigenvalue weighted by Gasteiger charge is 2.46. The van der Waals surface area contributed by atoms with Gasteiger partial charge in [-0.3, -0.25) is 9.59 Å². The Hall–Kier alpha value is -2.88. The molecule has 1 heterocycles. The molecule has 0 bridgehead atoms. The van der Waals surface area contributed by atoms with Crippen LogP contribution in [0.4, 0.5) is 0 Å². The van der Waals surface area contributed by atoms with E-state index in [9.17, 15) is 14.7 Å². The summed E-state index contributed by atoms with van der Waals surface area (Å²) in [7, 11) is 0. The van der Waals surface area contributed by atoms with Crippen LogP contribution in [-0.4, -0.2) is 28.2 Å². The van der Waals surface area contributed by atoms with Crippen molar-refractivity contribution in [3.63, 3.8) is 0 Å². The van der Waals surface area contributed by atoms with Gasteiger partial charge in [-0.1, -0.05) is 74.0 Å². The Bertz CT molecular complexity index is 851. The summed E-state index contributed by atoms with van der Waals surface area (Å²) in [5, 5.41) is 10.8. The number of Topliss-reactive ketones (excluding diaryl/α,β-unsaturated/α-hetero) is 1. The van der Waals surface area contributed by atoms with E-state index >= 15 is 0 Å². The highest BCUT2D eigenvalue weighted by molar-refractivity contribution is 6.46. The first-order chi connectivity index (χ1) is 12.4. The second kappa shape index (κ2) is 7.16. The van der Waals surface area contributed by atoms with Crippen molar-refractivity contribution < 1.29 is 14.7 Å². The van der Waals surface area contributed by atoms with E-state index in [1.54, 1.807) is 29.2 Å². The third-order valence-corrected chi connectivity index (χ3v) is 4.54. The number of rotatable bonds is 4. The van der Waals surface area contributed by atoms with Crippen molar-refractivity contribution in [2.24, 2.45) is 5.92 Å². The zero-order chi connectivity index (χ0) is 18.8. The third-order valence-electron chi connectivity index (χ3n) is 4.54. The molecule has 26 heavy (non-hydrogen) atoms. The lowest BCUT2D eigenvalue weighted by molar-refractivity contribution is -0.140. The number of benzene rings is 2. The Labute approximate surface area is 153 Å². The van der Waals surface area contributed by atoms with Crippen molar-refractivity contribution in [2.45, 2.75) is 26.8 Å². The number of aliphatic hydroxyl groups is 1. The molecule has 1 amide bonds. The average molecular weight is 349 g/mol. The number of likely N-dealkylation sites (tertiary alicyclic amines) is 1. The van der Waals surface area contributed by atoms with Crippen molar-refractivity contribution in [3.05, 3.63) is 76.9 Å². The maximum Gasteiger partial charge on any atom is 0.295 e. The number of nitrogens with zero attached hydrogens (tertiary/aromatic N) is 1. The molecule has 2 aromatic carbocycles. The van der Waals surface area contributed by atoms with Crippen molar-refractivity contribution in [3.8, 4) is 0 Å². The Kier molecular flexibility index (Phi) is 4.94. The standard InChI is InChI=1S/C22H23NO3/c1-14(2)13-23-19(16-11-9-15(3)10-12-16)18(21(25)22(23)26)20(24)17-7-5-4-6-8-17/h4-12,14,19,24H,13H2,1-3H3/t19-/m0/s1. The summed E-state index contributed by atoms with van der Waals surface area (Å²) in [6.07, 6.45) is 0. The molecule has 0 radical (unpaired) electrons. The topological polar surface area (TPSA) is 57.6 Å². The first-order valence-corrected chi connectivity index (χ1v) is 8.80. The third kappa shape index (κ3) is 3.27. The molecule has 1 aliphatic heterocycles. The number of ketones is 1. The fourth-order valence-corrected chi connectivity index (χ4v) is 3.31. The molecule has 134 valence electrons. The summed E-state index contributed by atoms with van der Waals surface area (Å²) >= 11 is 0. The van der Waals surface area contributed by atoms with Gasteiger partial charge in [-0.25, -0.2) is 0 Å². The van der Waals surface area contributed by atoms with Crippen molar-refractivity contribution in [1.29, 1.82) is 0 Å². The first-order valence-electron chi connectivity index (χ1n) is 8.80. The number of carbonyl (C=O) groups is 2. The molecular weight excluding hydrogens is 326 g/mol. The van der Waals surface area contributed by atoms with Gasteiger partial charge in [0.25, 0.3) is 11.7 Å². The van der Waals surface area contributed by atoms with Crippen LogP contribution in [0.3, 0.4) is 0 Å². The van der Waals surface area contributed by atoms with Crippen LogP contribution in [0.15, 0.2) is 60.2 Å². The highest BCUT2D eigenvalue weighted by Crippen LogP contribution is 2.39. The van der Waals surface area contributed by atoms with Gasteiger partial charge in [0.1, 0.15) is 5.76 Å². The normalized spacial score (nSPS) is 19.4. The Morgan fingerprint density at radius 2 is 1.65 bits per heavy atom. The number of amides is 1. The predicted molar refractivity (Wildman–Crippen MR) is 101 cm³/mol. The molecule has 4 heteroatoms. The number of hydrogen-bond donors (Lipinski definition) is 1. The quantitative estimate of drug-likeness (QED) is 0.514. The van der Waals surface area contributed by atoms with Crippen LogP contribution in [-0.2, 0) is 9.59 Å². The van der Waals surface area contributed by atoms with Crippen LogP contribution in [0.25, 0.3) is 5.76 Å². The van der Waals surface area contributed by atoms with Gasteiger partial charge in [-0.2, -0.15) is 0 Å².